The van der Waals surface area contributed by atoms with Crippen molar-refractivity contribution in [2.75, 3.05) is 0 Å². The van der Waals surface area contributed by atoms with Crippen LogP contribution < -0.4 is 0 Å². The third kappa shape index (κ3) is 3.50. The molecule has 20 heavy (non-hydrogen) atoms. The first kappa shape index (κ1) is 14.4. The molecule has 0 atom stereocenters. The minimum absolute atomic E-state index is 0.000450. The van der Waals surface area contributed by atoms with Crippen LogP contribution in [0.4, 0.5) is 0 Å². The number of rotatable bonds is 5. The lowest BCUT2D eigenvalue weighted by Gasteiger charge is -1.95. The predicted octanol–water partition coefficient (Wildman–Crippen LogP) is 2.75. The van der Waals surface area contributed by atoms with Gasteiger partial charge in [-0.2, -0.15) is 4.98 Å². The Kier molecular flexibility index (Phi) is 4.28. The molecular formula is C13H8Cl2N2O3. The highest BCUT2D eigenvalue weighted by Crippen LogP contribution is 2.20. The van der Waals surface area contributed by atoms with Gasteiger partial charge in [-0.25, -0.2) is 4.79 Å². The van der Waals surface area contributed by atoms with Crippen LogP contribution in [0, 0.1) is 12.1 Å². The van der Waals surface area contributed by atoms with Crippen molar-refractivity contribution < 1.29 is 14.4 Å². The number of carboxylic acids is 1. The number of halogens is 2. The predicted molar refractivity (Wildman–Crippen MR) is 71.7 cm³/mol. The van der Waals surface area contributed by atoms with Crippen LogP contribution in [0.2, 0.25) is 10.0 Å². The van der Waals surface area contributed by atoms with E-state index in [9.17, 15) is 4.79 Å². The van der Waals surface area contributed by atoms with E-state index in [2.05, 4.69) is 28.9 Å². The third-order valence-electron chi connectivity index (χ3n) is 2.37. The van der Waals surface area contributed by atoms with Crippen LogP contribution in [-0.2, 0) is 17.6 Å². The maximum Gasteiger partial charge on any atom is 0.331 e. The Morgan fingerprint density at radius 2 is 2.20 bits per heavy atom. The van der Waals surface area contributed by atoms with E-state index in [0.717, 1.165) is 0 Å². The number of nitrogens with zero attached hydrogens (tertiary/aromatic N) is 2. The summed E-state index contributed by atoms with van der Waals surface area (Å²) in [6, 6.07) is 7.12. The first-order chi connectivity index (χ1) is 9.45. The molecule has 0 saturated carbocycles. The largest absolute Gasteiger partial charge is 0.478 e. The molecule has 0 spiro atoms. The summed E-state index contributed by atoms with van der Waals surface area (Å²) < 4.78 is 4.94. The van der Waals surface area contributed by atoms with Gasteiger partial charge in [-0.1, -0.05) is 41.0 Å². The topological polar surface area (TPSA) is 76.2 Å². The van der Waals surface area contributed by atoms with Crippen molar-refractivity contribution in [1.82, 2.24) is 10.1 Å². The van der Waals surface area contributed by atoms with Crippen LogP contribution >= 0.6 is 23.2 Å². The molecule has 1 heterocycles. The molecule has 0 amide bonds. The van der Waals surface area contributed by atoms with Gasteiger partial charge in [0, 0.05) is 17.6 Å². The maximum absolute atomic E-state index is 10.6. The molecule has 102 valence electrons. The highest BCUT2D eigenvalue weighted by molar-refractivity contribution is 6.41. The molecule has 0 fully saturated rings. The minimum atomic E-state index is -1.10. The molecule has 0 aliphatic heterocycles. The van der Waals surface area contributed by atoms with E-state index in [1.165, 1.54) is 0 Å². The number of aliphatic carboxylic acids is 1. The van der Waals surface area contributed by atoms with E-state index in [0.29, 0.717) is 27.9 Å². The van der Waals surface area contributed by atoms with Gasteiger partial charge in [0.1, 0.15) is 5.02 Å². The van der Waals surface area contributed by atoms with Crippen LogP contribution in [0.5, 0.6) is 0 Å². The Morgan fingerprint density at radius 3 is 2.85 bits per heavy atom. The van der Waals surface area contributed by atoms with Crippen molar-refractivity contribution in [3.05, 3.63) is 57.7 Å². The smallest absolute Gasteiger partial charge is 0.331 e. The van der Waals surface area contributed by atoms with E-state index in [4.69, 9.17) is 32.8 Å². The summed E-state index contributed by atoms with van der Waals surface area (Å²) in [4.78, 5) is 14.7. The van der Waals surface area contributed by atoms with Gasteiger partial charge in [-0.3, -0.25) is 0 Å². The molecule has 0 aliphatic rings. The van der Waals surface area contributed by atoms with Crippen LogP contribution in [0.15, 0.2) is 22.7 Å². The molecule has 0 aliphatic carbocycles. The Hall–Kier alpha value is -2.03. The number of aromatic nitrogens is 2. The van der Waals surface area contributed by atoms with Crippen molar-refractivity contribution in [2.24, 2.45) is 0 Å². The fourth-order valence-electron chi connectivity index (χ4n) is 1.40. The summed E-state index contributed by atoms with van der Waals surface area (Å²) in [5, 5.41) is 13.1. The fraction of sp³-hybridized carbons (Fsp3) is 0.154. The van der Waals surface area contributed by atoms with E-state index in [1.54, 1.807) is 6.07 Å². The second kappa shape index (κ2) is 5.95. The van der Waals surface area contributed by atoms with E-state index in [-0.39, 0.29) is 17.9 Å². The van der Waals surface area contributed by atoms with E-state index >= 15 is 0 Å². The molecule has 2 aromatic rings. The summed E-state index contributed by atoms with van der Waals surface area (Å²) in [5.74, 6) is -0.519. The summed E-state index contributed by atoms with van der Waals surface area (Å²) in [6.07, 6.45) is 0.329. The average Bonchev–Trinajstić information content (AvgIpc) is 2.81. The van der Waals surface area contributed by atoms with Crippen LogP contribution in [0.1, 0.15) is 17.3 Å². The van der Waals surface area contributed by atoms with Crippen LogP contribution in [-0.4, -0.2) is 21.2 Å². The van der Waals surface area contributed by atoms with Gasteiger partial charge in [0.15, 0.2) is 5.82 Å². The lowest BCUT2D eigenvalue weighted by Crippen LogP contribution is -2.02. The van der Waals surface area contributed by atoms with Gasteiger partial charge < -0.3 is 9.63 Å². The maximum atomic E-state index is 10.6. The van der Waals surface area contributed by atoms with Gasteiger partial charge in [-0.05, 0) is 12.1 Å². The Labute approximate surface area is 124 Å². The lowest BCUT2D eigenvalue weighted by molar-refractivity contribution is -0.132. The number of carboxylic acid groups (broad SMARTS) is 1. The lowest BCUT2D eigenvalue weighted by atomic mass is 10.2. The minimum Gasteiger partial charge on any atom is -0.478 e. The highest BCUT2D eigenvalue weighted by atomic mass is 35.5. The van der Waals surface area contributed by atoms with Gasteiger partial charge >= 0.3 is 5.97 Å². The van der Waals surface area contributed by atoms with Crippen molar-refractivity contribution in [2.45, 2.75) is 12.8 Å². The quantitative estimate of drug-likeness (QED) is 0.859. The zero-order chi connectivity index (χ0) is 14.7. The van der Waals surface area contributed by atoms with Gasteiger partial charge in [0.2, 0.25) is 5.89 Å². The van der Waals surface area contributed by atoms with Crippen molar-refractivity contribution >= 4 is 29.2 Å². The van der Waals surface area contributed by atoms with Crippen LogP contribution in [0.3, 0.4) is 0 Å². The summed E-state index contributed by atoms with van der Waals surface area (Å²) in [5.41, 5.74) is 0.679. The van der Waals surface area contributed by atoms with E-state index in [1.807, 2.05) is 0 Å². The Balaban J connectivity index is 2.07. The molecule has 2 rings (SSSR count). The second-order valence-electron chi connectivity index (χ2n) is 3.95. The summed E-state index contributed by atoms with van der Waals surface area (Å²) in [7, 11) is 0. The molecule has 5 nitrogen and oxygen atoms in total. The summed E-state index contributed by atoms with van der Waals surface area (Å²) in [6.45, 7) is 3.39. The summed E-state index contributed by atoms with van der Waals surface area (Å²) >= 11 is 11.6. The highest BCUT2D eigenvalue weighted by Gasteiger charge is 2.12. The molecule has 1 aromatic carbocycles. The number of carbonyl (C=O) groups is 1. The van der Waals surface area contributed by atoms with Crippen molar-refractivity contribution in [3.63, 3.8) is 0 Å². The molecule has 7 heteroatoms. The Morgan fingerprint density at radius 1 is 1.45 bits per heavy atom. The van der Waals surface area contributed by atoms with Crippen LogP contribution in [0.25, 0.3) is 0 Å². The molecule has 0 radical (unpaired) electrons. The van der Waals surface area contributed by atoms with Crippen molar-refractivity contribution in [3.8, 4) is 0 Å². The first-order valence-corrected chi connectivity index (χ1v) is 6.21. The van der Waals surface area contributed by atoms with Crippen molar-refractivity contribution in [1.29, 1.82) is 0 Å². The normalized spacial score (nSPS) is 10.1. The number of hydrogen-bond donors (Lipinski definition) is 1. The molecule has 0 saturated heterocycles. The first-order valence-electron chi connectivity index (χ1n) is 5.46. The standard InChI is InChI=1S/C13H8Cl2N2O3/c1-7(13(18)19)4-12-16-11(17-20-12)6-8-2-3-9(14)10(15)5-8/h5H,1,4,6H2,(H,18,19). The second-order valence-corrected chi connectivity index (χ2v) is 4.73. The third-order valence-corrected chi connectivity index (χ3v) is 3.06. The van der Waals surface area contributed by atoms with Gasteiger partial charge in [0.05, 0.1) is 11.4 Å². The van der Waals surface area contributed by atoms with Gasteiger partial charge in [-0.15, -0.1) is 0 Å². The number of hydrogen-bond acceptors (Lipinski definition) is 4. The molecule has 0 bridgehead atoms. The molecular weight excluding hydrogens is 303 g/mol. The zero-order valence-electron chi connectivity index (χ0n) is 10.1. The van der Waals surface area contributed by atoms with Gasteiger partial charge in [0.25, 0.3) is 0 Å². The van der Waals surface area contributed by atoms with E-state index < -0.39 is 5.97 Å². The monoisotopic (exact) mass is 310 g/mol. The zero-order valence-corrected chi connectivity index (χ0v) is 11.6. The SMILES string of the molecule is C=C(Cc1nc(Cc2c#cc(Cl)c(Cl)c2)no1)C(=O)O. The molecule has 1 N–H and O–H groups in total. The Bertz CT molecular complexity index is 667. The fourth-order valence-corrected chi connectivity index (χ4v) is 1.69. The molecule has 0 unspecified atom stereocenters. The molecule has 1 aromatic heterocycles. The average molecular weight is 311 g/mol.